The Morgan fingerprint density at radius 2 is 1.92 bits per heavy atom. The molecule has 2 aromatic heterocycles. The van der Waals surface area contributed by atoms with Gasteiger partial charge in [0.15, 0.2) is 0 Å². The summed E-state index contributed by atoms with van der Waals surface area (Å²) in [6.45, 7) is 7.49. The Kier molecular flexibility index (Phi) is 5.29. The highest BCUT2D eigenvalue weighted by Crippen LogP contribution is 2.35. The van der Waals surface area contributed by atoms with Crippen molar-refractivity contribution in [2.24, 2.45) is 0 Å². The lowest BCUT2D eigenvalue weighted by Crippen LogP contribution is -2.18. The summed E-state index contributed by atoms with van der Waals surface area (Å²) in [5.41, 5.74) is 3.29. The summed E-state index contributed by atoms with van der Waals surface area (Å²) in [7, 11) is 0. The van der Waals surface area contributed by atoms with Gasteiger partial charge in [0, 0.05) is 15.1 Å². The highest BCUT2D eigenvalue weighted by Gasteiger charge is 2.25. The quantitative estimate of drug-likeness (QED) is 0.752. The summed E-state index contributed by atoms with van der Waals surface area (Å²) in [6, 6.07) is 0. The molecule has 0 unspecified atom stereocenters. The zero-order valence-corrected chi connectivity index (χ0v) is 16.7. The number of aryl methyl sites for hydroxylation is 2. The molecule has 4 nitrogen and oxygen atoms in total. The third kappa shape index (κ3) is 3.65. The molecule has 0 atom stereocenters. The number of esters is 1. The van der Waals surface area contributed by atoms with Gasteiger partial charge in [-0.05, 0) is 64.5 Å². The summed E-state index contributed by atoms with van der Waals surface area (Å²) in [5.74, 6) is -0.501. The van der Waals surface area contributed by atoms with Crippen molar-refractivity contribution in [3.63, 3.8) is 0 Å². The van der Waals surface area contributed by atoms with E-state index in [1.807, 2.05) is 33.1 Å². The highest BCUT2D eigenvalue weighted by molar-refractivity contribution is 7.17. The summed E-state index contributed by atoms with van der Waals surface area (Å²) in [5, 5.41) is 5.50. The predicted molar refractivity (Wildman–Crippen MR) is 103 cm³/mol. The Balaban J connectivity index is 1.88. The molecular weight excluding hydrogens is 354 g/mol. The predicted octanol–water partition coefficient (Wildman–Crippen LogP) is 5.12. The van der Waals surface area contributed by atoms with Gasteiger partial charge in [-0.3, -0.25) is 4.79 Å². The van der Waals surface area contributed by atoms with E-state index in [1.165, 1.54) is 28.2 Å². The Morgan fingerprint density at radius 3 is 2.64 bits per heavy atom. The van der Waals surface area contributed by atoms with Crippen molar-refractivity contribution >= 4 is 39.6 Å². The van der Waals surface area contributed by atoms with Gasteiger partial charge in [0.25, 0.3) is 5.91 Å². The number of rotatable bonds is 4. The molecule has 1 N–H and O–H groups in total. The maximum Gasteiger partial charge on any atom is 0.341 e. The summed E-state index contributed by atoms with van der Waals surface area (Å²) < 4.78 is 5.35. The van der Waals surface area contributed by atoms with Gasteiger partial charge in [0.1, 0.15) is 5.00 Å². The van der Waals surface area contributed by atoms with Gasteiger partial charge >= 0.3 is 5.97 Å². The standard InChI is InChI=1S/C19H23NO3S2/c1-10(2)23-19(22)16-11(3)12(4)25-18(16)20-17(21)14-9-24-15-8-6-5-7-13(14)15/h9-10H,5-8H2,1-4H3,(H,20,21). The molecule has 3 rings (SSSR count). The third-order valence-electron chi connectivity index (χ3n) is 4.47. The van der Waals surface area contributed by atoms with Gasteiger partial charge in [-0.15, -0.1) is 22.7 Å². The van der Waals surface area contributed by atoms with Crippen LogP contribution in [-0.4, -0.2) is 18.0 Å². The normalized spacial score (nSPS) is 13.6. The number of fused-ring (bicyclic) bond motifs is 1. The van der Waals surface area contributed by atoms with Gasteiger partial charge in [-0.25, -0.2) is 4.79 Å². The first-order valence-electron chi connectivity index (χ1n) is 8.60. The molecule has 1 amide bonds. The van der Waals surface area contributed by atoms with Crippen molar-refractivity contribution in [1.82, 2.24) is 0 Å². The second-order valence-corrected chi connectivity index (χ2v) is 8.84. The fourth-order valence-electron chi connectivity index (χ4n) is 3.09. The molecule has 0 bridgehead atoms. The molecule has 2 heterocycles. The second-order valence-electron chi connectivity index (χ2n) is 6.65. The maximum absolute atomic E-state index is 12.8. The van der Waals surface area contributed by atoms with E-state index in [4.69, 9.17) is 4.74 Å². The molecule has 134 valence electrons. The van der Waals surface area contributed by atoms with Gasteiger partial charge in [0.05, 0.1) is 17.2 Å². The van der Waals surface area contributed by atoms with Gasteiger partial charge in [-0.1, -0.05) is 0 Å². The van der Waals surface area contributed by atoms with Crippen LogP contribution in [0.25, 0.3) is 0 Å². The van der Waals surface area contributed by atoms with Crippen LogP contribution >= 0.6 is 22.7 Å². The van der Waals surface area contributed by atoms with Crippen LogP contribution in [0.2, 0.25) is 0 Å². The zero-order chi connectivity index (χ0) is 18.1. The average Bonchev–Trinajstić information content (AvgIpc) is 3.08. The topological polar surface area (TPSA) is 55.4 Å². The molecule has 6 heteroatoms. The van der Waals surface area contributed by atoms with Crippen LogP contribution in [-0.2, 0) is 17.6 Å². The molecule has 1 aliphatic rings. The number of nitrogens with one attached hydrogen (secondary N) is 1. The van der Waals surface area contributed by atoms with Crippen molar-refractivity contribution in [3.8, 4) is 0 Å². The number of carbonyl (C=O) groups is 2. The van der Waals surface area contributed by atoms with E-state index in [-0.39, 0.29) is 18.0 Å². The van der Waals surface area contributed by atoms with E-state index in [0.29, 0.717) is 10.6 Å². The Morgan fingerprint density at radius 1 is 1.20 bits per heavy atom. The molecule has 0 radical (unpaired) electrons. The van der Waals surface area contributed by atoms with Gasteiger partial charge in [0.2, 0.25) is 0 Å². The smallest absolute Gasteiger partial charge is 0.341 e. The van der Waals surface area contributed by atoms with Crippen LogP contribution in [0, 0.1) is 13.8 Å². The van der Waals surface area contributed by atoms with E-state index in [0.717, 1.165) is 35.3 Å². The van der Waals surface area contributed by atoms with Crippen molar-refractivity contribution in [3.05, 3.63) is 37.4 Å². The Hall–Kier alpha value is -1.66. The molecule has 0 saturated heterocycles. The number of hydrogen-bond donors (Lipinski definition) is 1. The molecule has 0 fully saturated rings. The molecule has 1 aliphatic carbocycles. The van der Waals surface area contributed by atoms with E-state index in [9.17, 15) is 9.59 Å². The van der Waals surface area contributed by atoms with Crippen LogP contribution in [0.1, 0.15) is 68.3 Å². The fourth-order valence-corrected chi connectivity index (χ4v) is 5.26. The molecule has 0 aromatic carbocycles. The highest BCUT2D eigenvalue weighted by atomic mass is 32.1. The average molecular weight is 378 g/mol. The van der Waals surface area contributed by atoms with Gasteiger partial charge < -0.3 is 10.1 Å². The second kappa shape index (κ2) is 7.30. The minimum absolute atomic E-state index is 0.126. The van der Waals surface area contributed by atoms with E-state index < -0.39 is 0 Å². The van der Waals surface area contributed by atoms with Crippen LogP contribution in [0.5, 0.6) is 0 Å². The molecular formula is C19H23NO3S2. The summed E-state index contributed by atoms with van der Waals surface area (Å²) >= 11 is 3.10. The zero-order valence-electron chi connectivity index (χ0n) is 15.0. The number of hydrogen-bond acceptors (Lipinski definition) is 5. The monoisotopic (exact) mass is 377 g/mol. The van der Waals surface area contributed by atoms with E-state index in [2.05, 4.69) is 5.32 Å². The largest absolute Gasteiger partial charge is 0.459 e. The third-order valence-corrected chi connectivity index (χ3v) is 6.68. The van der Waals surface area contributed by atoms with E-state index >= 15 is 0 Å². The fraction of sp³-hybridized carbons (Fsp3) is 0.474. The van der Waals surface area contributed by atoms with Crippen molar-refractivity contribution < 1.29 is 14.3 Å². The Bertz CT molecular complexity index is 817. The summed E-state index contributed by atoms with van der Waals surface area (Å²) in [6.07, 6.45) is 4.17. The van der Waals surface area contributed by atoms with Gasteiger partial charge in [-0.2, -0.15) is 0 Å². The molecule has 0 saturated carbocycles. The van der Waals surface area contributed by atoms with E-state index in [1.54, 1.807) is 11.3 Å². The lowest BCUT2D eigenvalue weighted by Gasteiger charge is -2.13. The minimum atomic E-state index is -0.375. The lowest BCUT2D eigenvalue weighted by molar-refractivity contribution is 0.0379. The molecule has 25 heavy (non-hydrogen) atoms. The number of ether oxygens (including phenoxy) is 1. The number of thiophene rings is 2. The number of amides is 1. The maximum atomic E-state index is 12.8. The van der Waals surface area contributed by atoms with Crippen molar-refractivity contribution in [2.75, 3.05) is 5.32 Å². The number of carbonyl (C=O) groups excluding carboxylic acids is 2. The number of anilines is 1. The molecule has 0 aliphatic heterocycles. The Labute approximate surface area is 156 Å². The minimum Gasteiger partial charge on any atom is -0.459 e. The molecule has 0 spiro atoms. The first-order chi connectivity index (χ1) is 11.9. The van der Waals surface area contributed by atoms with Crippen LogP contribution < -0.4 is 5.32 Å². The van der Waals surface area contributed by atoms with Crippen LogP contribution in [0.4, 0.5) is 5.00 Å². The van der Waals surface area contributed by atoms with Crippen LogP contribution in [0.3, 0.4) is 0 Å². The SMILES string of the molecule is Cc1sc(NC(=O)c2csc3c2CCCC3)c(C(=O)OC(C)C)c1C. The van der Waals surface area contributed by atoms with Crippen molar-refractivity contribution in [1.29, 1.82) is 0 Å². The summed E-state index contributed by atoms with van der Waals surface area (Å²) in [4.78, 5) is 27.6. The lowest BCUT2D eigenvalue weighted by atomic mass is 9.95. The van der Waals surface area contributed by atoms with Crippen molar-refractivity contribution in [2.45, 2.75) is 59.5 Å². The molecule has 2 aromatic rings. The first-order valence-corrected chi connectivity index (χ1v) is 10.3. The first kappa shape index (κ1) is 18.1. The van der Waals surface area contributed by atoms with Crippen LogP contribution in [0.15, 0.2) is 5.38 Å².